The van der Waals surface area contributed by atoms with Gasteiger partial charge < -0.3 is 20.1 Å². The summed E-state index contributed by atoms with van der Waals surface area (Å²) < 4.78 is 5.07. The van der Waals surface area contributed by atoms with Gasteiger partial charge in [0.15, 0.2) is 5.69 Å². The smallest absolute Gasteiger partial charge is 0.354 e. The summed E-state index contributed by atoms with van der Waals surface area (Å²) >= 11 is 0. The van der Waals surface area contributed by atoms with Crippen molar-refractivity contribution in [2.75, 3.05) is 37.0 Å². The number of carboxylic acid groups (broad SMARTS) is 1. The number of aromatic carboxylic acids is 1. The molecule has 2 N–H and O–H groups in total. The third-order valence-electron chi connectivity index (χ3n) is 2.82. The van der Waals surface area contributed by atoms with Crippen molar-refractivity contribution in [3.8, 4) is 0 Å². The van der Waals surface area contributed by atoms with Crippen molar-refractivity contribution in [2.45, 2.75) is 19.4 Å². The Labute approximate surface area is 111 Å². The average molecular weight is 266 g/mol. The van der Waals surface area contributed by atoms with Gasteiger partial charge in [-0.05, 0) is 6.42 Å². The molecule has 0 spiro atoms. The molecule has 1 fully saturated rings. The Hall–Kier alpha value is -1.89. The molecule has 0 unspecified atom stereocenters. The van der Waals surface area contributed by atoms with E-state index < -0.39 is 5.97 Å². The van der Waals surface area contributed by atoms with Crippen LogP contribution < -0.4 is 10.2 Å². The number of aromatic nitrogens is 2. The third-order valence-corrected chi connectivity index (χ3v) is 2.82. The Morgan fingerprint density at radius 2 is 2.32 bits per heavy atom. The molecule has 0 aromatic carbocycles. The van der Waals surface area contributed by atoms with E-state index >= 15 is 0 Å². The Morgan fingerprint density at radius 1 is 1.58 bits per heavy atom. The van der Waals surface area contributed by atoms with Gasteiger partial charge in [0.2, 0.25) is 5.95 Å². The lowest BCUT2D eigenvalue weighted by molar-refractivity contribution is 0.0209. The minimum Gasteiger partial charge on any atom is -0.477 e. The number of carboxylic acids is 1. The van der Waals surface area contributed by atoms with E-state index in [4.69, 9.17) is 9.84 Å². The average Bonchev–Trinajstić information content (AvgIpc) is 2.34. The zero-order chi connectivity index (χ0) is 13.8. The van der Waals surface area contributed by atoms with Crippen LogP contribution in [0.5, 0.6) is 0 Å². The first-order chi connectivity index (χ1) is 9.10. The van der Waals surface area contributed by atoms with Crippen LogP contribution >= 0.6 is 0 Å². The molecule has 1 aromatic rings. The first-order valence-electron chi connectivity index (χ1n) is 6.28. The third kappa shape index (κ3) is 3.31. The van der Waals surface area contributed by atoms with E-state index in [9.17, 15) is 4.79 Å². The molecule has 7 nitrogen and oxygen atoms in total. The summed E-state index contributed by atoms with van der Waals surface area (Å²) in [5, 5.41) is 12.2. The molecule has 2 rings (SSSR count). The molecule has 1 aliphatic heterocycles. The molecule has 1 aromatic heterocycles. The summed E-state index contributed by atoms with van der Waals surface area (Å²) in [5.74, 6) is -0.107. The molecule has 0 atom stereocenters. The molecule has 0 amide bonds. The van der Waals surface area contributed by atoms with Crippen molar-refractivity contribution in [2.24, 2.45) is 0 Å². The summed E-state index contributed by atoms with van der Waals surface area (Å²) in [6.45, 7) is 4.05. The standard InChI is InChI=1S/C12H18N4O3/c1-3-4-16(2)12-14-9(11(17)18)5-10(15-12)13-8-6-19-7-8/h5,8H,3-4,6-7H2,1-2H3,(H,17,18)(H,13,14,15). The lowest BCUT2D eigenvalue weighted by Crippen LogP contribution is -2.40. The minimum absolute atomic E-state index is 0.00399. The molecule has 19 heavy (non-hydrogen) atoms. The molecule has 0 radical (unpaired) electrons. The molecule has 1 aliphatic rings. The highest BCUT2D eigenvalue weighted by molar-refractivity contribution is 5.86. The van der Waals surface area contributed by atoms with E-state index in [2.05, 4.69) is 15.3 Å². The lowest BCUT2D eigenvalue weighted by Gasteiger charge is -2.27. The molecule has 0 aliphatic carbocycles. The molecule has 1 saturated heterocycles. The largest absolute Gasteiger partial charge is 0.477 e. The van der Waals surface area contributed by atoms with Gasteiger partial charge in [-0.3, -0.25) is 0 Å². The Kier molecular flexibility index (Phi) is 4.16. The van der Waals surface area contributed by atoms with Crippen LogP contribution in [0.15, 0.2) is 6.07 Å². The van der Waals surface area contributed by atoms with Gasteiger partial charge in [-0.15, -0.1) is 0 Å². The van der Waals surface area contributed by atoms with Crippen LogP contribution in [0, 0.1) is 0 Å². The normalized spacial score (nSPS) is 14.8. The second-order valence-corrected chi connectivity index (χ2v) is 4.54. The van der Waals surface area contributed by atoms with Crippen molar-refractivity contribution >= 4 is 17.7 Å². The van der Waals surface area contributed by atoms with Gasteiger partial charge in [0.25, 0.3) is 0 Å². The van der Waals surface area contributed by atoms with E-state index in [-0.39, 0.29) is 11.7 Å². The SMILES string of the molecule is CCCN(C)c1nc(NC2COC2)cc(C(=O)O)n1. The summed E-state index contributed by atoms with van der Waals surface area (Å²) in [4.78, 5) is 21.3. The predicted octanol–water partition coefficient (Wildman–Crippen LogP) is 0.832. The second-order valence-electron chi connectivity index (χ2n) is 4.54. The van der Waals surface area contributed by atoms with E-state index in [0.29, 0.717) is 25.0 Å². The van der Waals surface area contributed by atoms with Crippen LogP contribution in [0.1, 0.15) is 23.8 Å². The number of hydrogen-bond donors (Lipinski definition) is 2. The maximum atomic E-state index is 11.1. The molecule has 0 bridgehead atoms. The Morgan fingerprint density at radius 3 is 2.84 bits per heavy atom. The zero-order valence-electron chi connectivity index (χ0n) is 11.1. The Balaban J connectivity index is 2.23. The number of nitrogens with one attached hydrogen (secondary N) is 1. The monoisotopic (exact) mass is 266 g/mol. The fourth-order valence-electron chi connectivity index (χ4n) is 1.75. The lowest BCUT2D eigenvalue weighted by atomic mass is 10.2. The van der Waals surface area contributed by atoms with Gasteiger partial charge in [0.05, 0.1) is 19.3 Å². The molecular formula is C12H18N4O3. The number of hydrogen-bond acceptors (Lipinski definition) is 6. The van der Waals surface area contributed by atoms with E-state index in [1.54, 1.807) is 0 Å². The van der Waals surface area contributed by atoms with Crippen molar-refractivity contribution < 1.29 is 14.6 Å². The highest BCUT2D eigenvalue weighted by Gasteiger charge is 2.20. The summed E-state index contributed by atoms with van der Waals surface area (Å²) in [6, 6.07) is 1.64. The van der Waals surface area contributed by atoms with Gasteiger partial charge >= 0.3 is 5.97 Å². The molecule has 0 saturated carbocycles. The van der Waals surface area contributed by atoms with Crippen molar-refractivity contribution in [1.82, 2.24) is 9.97 Å². The number of carbonyl (C=O) groups is 1. The van der Waals surface area contributed by atoms with Crippen molar-refractivity contribution in [3.05, 3.63) is 11.8 Å². The maximum Gasteiger partial charge on any atom is 0.354 e. The van der Waals surface area contributed by atoms with E-state index in [1.807, 2.05) is 18.9 Å². The molecule has 2 heterocycles. The zero-order valence-corrected chi connectivity index (χ0v) is 11.1. The number of anilines is 2. The van der Waals surface area contributed by atoms with Gasteiger partial charge in [0, 0.05) is 19.7 Å². The quantitative estimate of drug-likeness (QED) is 0.788. The van der Waals surface area contributed by atoms with Crippen LogP contribution in [0.3, 0.4) is 0 Å². The number of rotatable bonds is 6. The van der Waals surface area contributed by atoms with Crippen LogP contribution in [-0.4, -0.2) is 53.9 Å². The maximum absolute atomic E-state index is 11.1. The van der Waals surface area contributed by atoms with Crippen LogP contribution in [-0.2, 0) is 4.74 Å². The summed E-state index contributed by atoms with van der Waals surface area (Å²) in [5.41, 5.74) is -0.00399. The fourth-order valence-corrected chi connectivity index (χ4v) is 1.75. The van der Waals surface area contributed by atoms with E-state index in [1.165, 1.54) is 6.07 Å². The van der Waals surface area contributed by atoms with Crippen molar-refractivity contribution in [3.63, 3.8) is 0 Å². The highest BCUT2D eigenvalue weighted by atomic mass is 16.5. The van der Waals surface area contributed by atoms with Crippen LogP contribution in [0.25, 0.3) is 0 Å². The summed E-state index contributed by atoms with van der Waals surface area (Å²) in [7, 11) is 1.85. The molecular weight excluding hydrogens is 248 g/mol. The summed E-state index contributed by atoms with van der Waals surface area (Å²) in [6.07, 6.45) is 0.941. The molecule has 7 heteroatoms. The van der Waals surface area contributed by atoms with Gasteiger partial charge in [-0.1, -0.05) is 6.92 Å². The van der Waals surface area contributed by atoms with Crippen LogP contribution in [0.2, 0.25) is 0 Å². The molecule has 104 valence electrons. The highest BCUT2D eigenvalue weighted by Crippen LogP contribution is 2.16. The topological polar surface area (TPSA) is 87.6 Å². The minimum atomic E-state index is -1.05. The number of ether oxygens (including phenoxy) is 1. The van der Waals surface area contributed by atoms with Gasteiger partial charge in [-0.2, -0.15) is 4.98 Å². The second kappa shape index (κ2) is 5.83. The van der Waals surface area contributed by atoms with Gasteiger partial charge in [0.1, 0.15) is 5.82 Å². The van der Waals surface area contributed by atoms with Gasteiger partial charge in [-0.25, -0.2) is 9.78 Å². The number of nitrogens with zero attached hydrogens (tertiary/aromatic N) is 3. The Bertz CT molecular complexity index is 462. The first-order valence-corrected chi connectivity index (χ1v) is 6.28. The first kappa shape index (κ1) is 13.5. The van der Waals surface area contributed by atoms with E-state index in [0.717, 1.165) is 13.0 Å². The fraction of sp³-hybridized carbons (Fsp3) is 0.583. The van der Waals surface area contributed by atoms with Crippen LogP contribution in [0.4, 0.5) is 11.8 Å². The predicted molar refractivity (Wildman–Crippen MR) is 70.8 cm³/mol. The van der Waals surface area contributed by atoms with Crippen molar-refractivity contribution in [1.29, 1.82) is 0 Å².